The highest BCUT2D eigenvalue weighted by Crippen LogP contribution is 2.31. The summed E-state index contributed by atoms with van der Waals surface area (Å²) in [5.74, 6) is 0.0372. The van der Waals surface area contributed by atoms with Gasteiger partial charge in [-0.2, -0.15) is 0 Å². The topological polar surface area (TPSA) is 62.5 Å². The van der Waals surface area contributed by atoms with E-state index in [-0.39, 0.29) is 17.8 Å². The molecular formula is C24H23FN4O2S. The summed E-state index contributed by atoms with van der Waals surface area (Å²) in [4.78, 5) is 22.3. The standard InChI is InChI=1S/C24H23FN4O2S/c1-15(23-26-19-5-3-4-6-20(19)32-23)28-11-13-29(14-12-28)24(30)21-16(2)31-27-22(21)17-7-9-18(25)10-8-17/h3-10,15H,11-14H2,1-2H3. The highest BCUT2D eigenvalue weighted by molar-refractivity contribution is 7.18. The van der Waals surface area contributed by atoms with Crippen molar-refractivity contribution in [3.63, 3.8) is 0 Å². The van der Waals surface area contributed by atoms with Crippen molar-refractivity contribution < 1.29 is 13.7 Å². The minimum Gasteiger partial charge on any atom is -0.360 e. The maximum absolute atomic E-state index is 13.3. The predicted molar refractivity (Wildman–Crippen MR) is 122 cm³/mol. The molecule has 0 bridgehead atoms. The summed E-state index contributed by atoms with van der Waals surface area (Å²) in [6.07, 6.45) is 0. The summed E-state index contributed by atoms with van der Waals surface area (Å²) < 4.78 is 19.8. The lowest BCUT2D eigenvalue weighted by atomic mass is 10.0. The van der Waals surface area contributed by atoms with E-state index >= 15 is 0 Å². The average molecular weight is 451 g/mol. The minimum atomic E-state index is -0.333. The van der Waals surface area contributed by atoms with Gasteiger partial charge in [0, 0.05) is 31.7 Å². The number of benzene rings is 2. The fourth-order valence-corrected chi connectivity index (χ4v) is 5.18. The molecule has 3 heterocycles. The van der Waals surface area contributed by atoms with Gasteiger partial charge in [0.15, 0.2) is 0 Å². The van der Waals surface area contributed by atoms with Crippen LogP contribution in [0.2, 0.25) is 0 Å². The van der Waals surface area contributed by atoms with Crippen LogP contribution in [0.5, 0.6) is 0 Å². The third kappa shape index (κ3) is 3.80. The summed E-state index contributed by atoms with van der Waals surface area (Å²) in [6, 6.07) is 14.3. The molecule has 5 rings (SSSR count). The summed E-state index contributed by atoms with van der Waals surface area (Å²) in [5.41, 5.74) is 2.60. The fraction of sp³-hybridized carbons (Fsp3) is 0.292. The Balaban J connectivity index is 1.30. The third-order valence-corrected chi connectivity index (χ3v) is 7.22. The number of rotatable bonds is 4. The molecule has 0 aliphatic carbocycles. The molecule has 0 spiro atoms. The Hall–Kier alpha value is -3.10. The first kappa shape index (κ1) is 20.8. The average Bonchev–Trinajstić information content (AvgIpc) is 3.42. The molecule has 0 N–H and O–H groups in total. The summed E-state index contributed by atoms with van der Waals surface area (Å²) >= 11 is 1.73. The third-order valence-electron chi connectivity index (χ3n) is 6.01. The second-order valence-corrected chi connectivity index (χ2v) is 9.06. The SMILES string of the molecule is Cc1onc(-c2ccc(F)cc2)c1C(=O)N1CCN(C(C)c2nc3ccccc3s2)CC1. The van der Waals surface area contributed by atoms with Gasteiger partial charge in [-0.3, -0.25) is 9.69 Å². The number of piperazine rings is 1. The van der Waals surface area contributed by atoms with Crippen molar-refractivity contribution in [2.24, 2.45) is 0 Å². The number of thiazole rings is 1. The van der Waals surface area contributed by atoms with Crippen molar-refractivity contribution in [2.75, 3.05) is 26.2 Å². The van der Waals surface area contributed by atoms with Crippen molar-refractivity contribution in [3.05, 3.63) is 70.7 Å². The molecule has 2 aromatic carbocycles. The molecular weight excluding hydrogens is 427 g/mol. The van der Waals surface area contributed by atoms with Crippen LogP contribution < -0.4 is 0 Å². The molecule has 1 amide bonds. The molecule has 4 aromatic rings. The molecule has 1 unspecified atom stereocenters. The van der Waals surface area contributed by atoms with E-state index in [9.17, 15) is 9.18 Å². The van der Waals surface area contributed by atoms with Crippen LogP contribution in [0.25, 0.3) is 21.5 Å². The predicted octanol–water partition coefficient (Wildman–Crippen LogP) is 4.92. The summed E-state index contributed by atoms with van der Waals surface area (Å²) in [6.45, 7) is 6.66. The van der Waals surface area contributed by atoms with E-state index in [0.717, 1.165) is 23.6 Å². The zero-order valence-corrected chi connectivity index (χ0v) is 18.7. The lowest BCUT2D eigenvalue weighted by Gasteiger charge is -2.37. The van der Waals surface area contributed by atoms with E-state index in [4.69, 9.17) is 9.51 Å². The zero-order valence-electron chi connectivity index (χ0n) is 17.9. The smallest absolute Gasteiger partial charge is 0.259 e. The molecule has 1 atom stereocenters. The van der Waals surface area contributed by atoms with Gasteiger partial charge in [0.25, 0.3) is 5.91 Å². The van der Waals surface area contributed by atoms with Crippen LogP contribution in [0.1, 0.15) is 34.1 Å². The van der Waals surface area contributed by atoms with Crippen molar-refractivity contribution >= 4 is 27.5 Å². The Kier molecular flexibility index (Phi) is 5.48. The van der Waals surface area contributed by atoms with E-state index in [0.29, 0.717) is 35.7 Å². The van der Waals surface area contributed by atoms with Gasteiger partial charge in [0.1, 0.15) is 27.8 Å². The molecule has 1 fully saturated rings. The second kappa shape index (κ2) is 8.44. The van der Waals surface area contributed by atoms with Gasteiger partial charge in [0.2, 0.25) is 0 Å². The van der Waals surface area contributed by atoms with Gasteiger partial charge in [-0.25, -0.2) is 9.37 Å². The molecule has 32 heavy (non-hydrogen) atoms. The van der Waals surface area contributed by atoms with Crippen LogP contribution in [0.15, 0.2) is 53.1 Å². The second-order valence-electron chi connectivity index (χ2n) is 7.99. The number of aryl methyl sites for hydroxylation is 1. The van der Waals surface area contributed by atoms with Crippen LogP contribution in [0.3, 0.4) is 0 Å². The van der Waals surface area contributed by atoms with Gasteiger partial charge in [-0.15, -0.1) is 11.3 Å². The van der Waals surface area contributed by atoms with Gasteiger partial charge >= 0.3 is 0 Å². The quantitative estimate of drug-likeness (QED) is 0.442. The van der Waals surface area contributed by atoms with Crippen molar-refractivity contribution in [2.45, 2.75) is 19.9 Å². The van der Waals surface area contributed by atoms with E-state index in [1.807, 2.05) is 23.1 Å². The molecule has 1 aliphatic rings. The largest absolute Gasteiger partial charge is 0.360 e. The molecule has 0 radical (unpaired) electrons. The number of carbonyl (C=O) groups excluding carboxylic acids is 1. The minimum absolute atomic E-state index is 0.102. The Morgan fingerprint density at radius 2 is 1.81 bits per heavy atom. The van der Waals surface area contributed by atoms with Gasteiger partial charge in [-0.1, -0.05) is 17.3 Å². The molecule has 8 heteroatoms. The molecule has 1 saturated heterocycles. The highest BCUT2D eigenvalue weighted by Gasteiger charge is 2.30. The summed E-state index contributed by atoms with van der Waals surface area (Å²) in [7, 11) is 0. The number of nitrogens with zero attached hydrogens (tertiary/aromatic N) is 4. The number of carbonyl (C=O) groups is 1. The molecule has 6 nitrogen and oxygen atoms in total. The number of hydrogen-bond acceptors (Lipinski definition) is 6. The monoisotopic (exact) mass is 450 g/mol. The van der Waals surface area contributed by atoms with Crippen LogP contribution in [-0.2, 0) is 0 Å². The van der Waals surface area contributed by atoms with Crippen molar-refractivity contribution in [1.82, 2.24) is 19.9 Å². The number of fused-ring (bicyclic) bond motifs is 1. The number of hydrogen-bond donors (Lipinski definition) is 0. The Labute approximate surface area is 189 Å². The number of aromatic nitrogens is 2. The van der Waals surface area contributed by atoms with Crippen LogP contribution in [-0.4, -0.2) is 52.0 Å². The van der Waals surface area contributed by atoms with Crippen molar-refractivity contribution in [1.29, 1.82) is 0 Å². The lowest BCUT2D eigenvalue weighted by Crippen LogP contribution is -2.49. The zero-order chi connectivity index (χ0) is 22.2. The number of para-hydroxylation sites is 1. The molecule has 0 saturated carbocycles. The van der Waals surface area contributed by atoms with Gasteiger partial charge in [-0.05, 0) is 50.2 Å². The fourth-order valence-electron chi connectivity index (χ4n) is 4.12. The van der Waals surface area contributed by atoms with Crippen molar-refractivity contribution in [3.8, 4) is 11.3 Å². The van der Waals surface area contributed by atoms with Crippen LogP contribution in [0, 0.1) is 12.7 Å². The normalized spacial score (nSPS) is 15.9. The van der Waals surface area contributed by atoms with Gasteiger partial charge in [0.05, 0.1) is 16.3 Å². The highest BCUT2D eigenvalue weighted by atomic mass is 32.1. The maximum Gasteiger partial charge on any atom is 0.259 e. The van der Waals surface area contributed by atoms with Gasteiger partial charge < -0.3 is 9.42 Å². The molecule has 1 aliphatic heterocycles. The van der Waals surface area contributed by atoms with Crippen LogP contribution in [0.4, 0.5) is 4.39 Å². The van der Waals surface area contributed by atoms with E-state index in [1.165, 1.54) is 16.8 Å². The number of halogens is 1. The molecule has 164 valence electrons. The van der Waals surface area contributed by atoms with E-state index < -0.39 is 0 Å². The maximum atomic E-state index is 13.3. The Bertz CT molecular complexity index is 1230. The lowest BCUT2D eigenvalue weighted by molar-refractivity contribution is 0.0581. The van der Waals surface area contributed by atoms with Crippen LogP contribution >= 0.6 is 11.3 Å². The first-order chi connectivity index (χ1) is 15.5. The first-order valence-electron chi connectivity index (χ1n) is 10.6. The molecule has 2 aromatic heterocycles. The summed E-state index contributed by atoms with van der Waals surface area (Å²) in [5, 5.41) is 5.17. The number of amides is 1. The van der Waals surface area contributed by atoms with E-state index in [2.05, 4.69) is 23.0 Å². The first-order valence-corrected chi connectivity index (χ1v) is 11.4. The van der Waals surface area contributed by atoms with E-state index in [1.54, 1.807) is 30.4 Å². The Morgan fingerprint density at radius 1 is 1.09 bits per heavy atom. The Morgan fingerprint density at radius 3 is 2.53 bits per heavy atom.